The van der Waals surface area contributed by atoms with Crippen molar-refractivity contribution < 1.29 is 36.5 Å². The highest BCUT2D eigenvalue weighted by molar-refractivity contribution is 8.18. The van der Waals surface area contributed by atoms with Crippen molar-refractivity contribution >= 4 is 68.2 Å². The molecule has 2 heterocycles. The second-order valence-electron chi connectivity index (χ2n) is 8.63. The maximum atomic E-state index is 12.9. The number of halogens is 1. The number of imide groups is 1. The van der Waals surface area contributed by atoms with Crippen molar-refractivity contribution in [1.82, 2.24) is 9.80 Å². The van der Waals surface area contributed by atoms with Gasteiger partial charge in [-0.2, -0.15) is 8.42 Å². The molecule has 2 aliphatic rings. The fourth-order valence-corrected chi connectivity index (χ4v) is 6.06. The van der Waals surface area contributed by atoms with Crippen LogP contribution in [0.2, 0.25) is 5.02 Å². The van der Waals surface area contributed by atoms with E-state index in [4.69, 9.17) is 20.5 Å². The molecular weight excluding hydrogens is 570 g/mol. The Balaban J connectivity index is 1.53. The number of nitrogens with one attached hydrogen (secondary N) is 1. The molecule has 11 nitrogen and oxygen atoms in total. The number of thioether (sulfide) groups is 1. The molecule has 0 aromatic heterocycles. The number of rotatable bonds is 8. The molecule has 0 aliphatic carbocycles. The second kappa shape index (κ2) is 11.7. The van der Waals surface area contributed by atoms with Gasteiger partial charge in [-0.3, -0.25) is 24.1 Å². The van der Waals surface area contributed by atoms with E-state index < -0.39 is 21.3 Å². The van der Waals surface area contributed by atoms with E-state index in [2.05, 4.69) is 5.32 Å². The first-order chi connectivity index (χ1) is 18.5. The summed E-state index contributed by atoms with van der Waals surface area (Å²) in [5.41, 5.74) is 0.754. The number of carbonyl (C=O) groups is 4. The molecule has 4 amide bonds. The molecule has 0 radical (unpaired) electrons. The van der Waals surface area contributed by atoms with Gasteiger partial charge in [-0.25, -0.2) is 0 Å². The number of hydrogen-bond donors (Lipinski definition) is 1. The number of benzene rings is 2. The number of methoxy groups -OCH3 is 1. The third kappa shape index (κ3) is 6.54. The van der Waals surface area contributed by atoms with Crippen LogP contribution >= 0.6 is 23.4 Å². The molecule has 0 bridgehead atoms. The zero-order chi connectivity index (χ0) is 28.3. The molecule has 0 saturated carbocycles. The molecule has 2 saturated heterocycles. The third-order valence-corrected chi connectivity index (χ3v) is 8.26. The lowest BCUT2D eigenvalue weighted by atomic mass is 10.2. The normalized spacial score (nSPS) is 16.6. The molecule has 1 N–H and O–H groups in total. The van der Waals surface area contributed by atoms with Crippen molar-refractivity contribution in [3.8, 4) is 11.5 Å². The van der Waals surface area contributed by atoms with Crippen LogP contribution in [0.1, 0.15) is 25.3 Å². The molecule has 2 aromatic rings. The van der Waals surface area contributed by atoms with E-state index in [0.29, 0.717) is 36.1 Å². The van der Waals surface area contributed by atoms with Gasteiger partial charge >= 0.3 is 10.1 Å². The van der Waals surface area contributed by atoms with Crippen LogP contribution in [0.25, 0.3) is 6.08 Å². The summed E-state index contributed by atoms with van der Waals surface area (Å²) >= 11 is 7.03. The number of nitrogens with zero attached hydrogens (tertiary/aromatic N) is 2. The first kappa shape index (κ1) is 28.5. The van der Waals surface area contributed by atoms with E-state index in [9.17, 15) is 27.6 Å². The number of carbonyl (C=O) groups excluding carboxylic acids is 4. The second-order valence-corrected chi connectivity index (χ2v) is 11.6. The minimum atomic E-state index is -4.33. The van der Waals surface area contributed by atoms with E-state index >= 15 is 0 Å². The molecule has 206 valence electrons. The van der Waals surface area contributed by atoms with Crippen LogP contribution in [0, 0.1) is 0 Å². The Labute approximate surface area is 234 Å². The van der Waals surface area contributed by atoms with Crippen LogP contribution in [-0.2, 0) is 24.5 Å². The predicted molar refractivity (Wildman–Crippen MR) is 145 cm³/mol. The highest BCUT2D eigenvalue weighted by atomic mass is 35.5. The Bertz CT molecular complexity index is 1470. The van der Waals surface area contributed by atoms with Gasteiger partial charge in [-0.05, 0) is 72.6 Å². The van der Waals surface area contributed by atoms with Crippen LogP contribution in [-0.4, -0.2) is 67.9 Å². The first-order valence-electron chi connectivity index (χ1n) is 11.7. The Hall–Kier alpha value is -3.55. The van der Waals surface area contributed by atoms with Gasteiger partial charge in [0.15, 0.2) is 5.75 Å². The summed E-state index contributed by atoms with van der Waals surface area (Å²) in [6, 6.07) is 8.11. The zero-order valence-electron chi connectivity index (χ0n) is 20.9. The third-order valence-electron chi connectivity index (χ3n) is 5.83. The Morgan fingerprint density at radius 3 is 2.41 bits per heavy atom. The van der Waals surface area contributed by atoms with Crippen molar-refractivity contribution in [2.45, 2.75) is 24.7 Å². The zero-order valence-corrected chi connectivity index (χ0v) is 23.3. The number of anilines is 1. The van der Waals surface area contributed by atoms with Crippen molar-refractivity contribution in [1.29, 1.82) is 0 Å². The molecule has 2 aromatic carbocycles. The van der Waals surface area contributed by atoms with Crippen molar-refractivity contribution in [3.05, 3.63) is 51.9 Å². The van der Waals surface area contributed by atoms with Crippen molar-refractivity contribution in [3.63, 3.8) is 0 Å². The van der Waals surface area contributed by atoms with Crippen molar-refractivity contribution in [2.75, 3.05) is 32.1 Å². The summed E-state index contributed by atoms with van der Waals surface area (Å²) < 4.78 is 36.3. The standard InChI is InChI=1S/C25H24ClN3O8S2/c1-15(30)27-17-5-7-18(8-6-17)39(34,35)37-23-19(26)11-16(12-20(23)36-2)13-21-24(32)29(25(33)38-21)14-22(31)28-9-3-4-10-28/h5-8,11-13H,3-4,9-10,14H2,1-2H3,(H,27,30)/b21-13-. The smallest absolute Gasteiger partial charge is 0.339 e. The quantitative estimate of drug-likeness (QED) is 0.358. The minimum Gasteiger partial charge on any atom is -0.493 e. The number of likely N-dealkylation sites (tertiary alicyclic amines) is 1. The summed E-state index contributed by atoms with van der Waals surface area (Å²) in [7, 11) is -3.04. The largest absolute Gasteiger partial charge is 0.493 e. The average molecular weight is 594 g/mol. The Morgan fingerprint density at radius 1 is 1.13 bits per heavy atom. The molecule has 2 fully saturated rings. The average Bonchev–Trinajstić information content (AvgIpc) is 3.50. The van der Waals surface area contributed by atoms with Crippen LogP contribution < -0.4 is 14.2 Å². The van der Waals surface area contributed by atoms with Gasteiger partial charge < -0.3 is 19.1 Å². The fraction of sp³-hybridized carbons (Fsp3) is 0.280. The van der Waals surface area contributed by atoms with Gasteiger partial charge in [0.05, 0.1) is 17.0 Å². The van der Waals surface area contributed by atoms with E-state index in [1.165, 1.54) is 56.5 Å². The van der Waals surface area contributed by atoms with Gasteiger partial charge in [-0.15, -0.1) is 0 Å². The predicted octanol–water partition coefficient (Wildman–Crippen LogP) is 3.73. The first-order valence-corrected chi connectivity index (χ1v) is 14.3. The maximum absolute atomic E-state index is 12.9. The highest BCUT2D eigenvalue weighted by Crippen LogP contribution is 2.40. The summed E-state index contributed by atoms with van der Waals surface area (Å²) in [4.78, 5) is 51.3. The monoisotopic (exact) mass is 593 g/mol. The molecule has 14 heteroatoms. The lowest BCUT2D eigenvalue weighted by Gasteiger charge is -2.18. The molecule has 0 unspecified atom stereocenters. The number of amides is 4. The van der Waals surface area contributed by atoms with Crippen LogP contribution in [0.4, 0.5) is 10.5 Å². The topological polar surface area (TPSA) is 139 Å². The summed E-state index contributed by atoms with van der Waals surface area (Å²) in [6.45, 7) is 2.21. The van der Waals surface area contributed by atoms with Gasteiger partial charge in [-0.1, -0.05) is 11.6 Å². The van der Waals surface area contributed by atoms with E-state index in [0.717, 1.165) is 17.7 Å². The lowest BCUT2D eigenvalue weighted by molar-refractivity contribution is -0.135. The van der Waals surface area contributed by atoms with Crippen molar-refractivity contribution in [2.24, 2.45) is 0 Å². The maximum Gasteiger partial charge on any atom is 0.339 e. The van der Waals surface area contributed by atoms with E-state index in [1.807, 2.05) is 0 Å². The molecule has 2 aliphatic heterocycles. The number of ether oxygens (including phenoxy) is 1. The van der Waals surface area contributed by atoms with Gasteiger partial charge in [0, 0.05) is 25.7 Å². The SMILES string of the molecule is COc1cc(/C=C2\SC(=O)N(CC(=O)N3CCCC3)C2=O)cc(Cl)c1OS(=O)(=O)c1ccc(NC(C)=O)cc1. The molecule has 0 spiro atoms. The summed E-state index contributed by atoms with van der Waals surface area (Å²) in [5.74, 6) is -1.51. The molecule has 4 rings (SSSR count). The summed E-state index contributed by atoms with van der Waals surface area (Å²) in [5, 5.41) is 1.85. The van der Waals surface area contributed by atoms with Crippen LogP contribution in [0.5, 0.6) is 11.5 Å². The van der Waals surface area contributed by atoms with Gasteiger partial charge in [0.2, 0.25) is 17.6 Å². The Kier molecular flexibility index (Phi) is 8.52. The molecule has 0 atom stereocenters. The fourth-order valence-electron chi connectivity index (χ4n) is 3.96. The van der Waals surface area contributed by atoms with Gasteiger partial charge in [0.1, 0.15) is 11.4 Å². The summed E-state index contributed by atoms with van der Waals surface area (Å²) in [6.07, 6.45) is 3.18. The van der Waals surface area contributed by atoms with Gasteiger partial charge in [0.25, 0.3) is 11.1 Å². The number of hydrogen-bond acceptors (Lipinski definition) is 9. The molecular formula is C25H24ClN3O8S2. The lowest BCUT2D eigenvalue weighted by Crippen LogP contribution is -2.40. The van der Waals surface area contributed by atoms with Crippen LogP contribution in [0.3, 0.4) is 0 Å². The van der Waals surface area contributed by atoms with E-state index in [1.54, 1.807) is 4.90 Å². The Morgan fingerprint density at radius 2 is 1.79 bits per heavy atom. The highest BCUT2D eigenvalue weighted by Gasteiger charge is 2.37. The van der Waals surface area contributed by atoms with E-state index in [-0.39, 0.29) is 44.7 Å². The minimum absolute atomic E-state index is 0.0318. The van der Waals surface area contributed by atoms with Crippen LogP contribution in [0.15, 0.2) is 46.2 Å². The molecule has 39 heavy (non-hydrogen) atoms.